The Morgan fingerprint density at radius 3 is 2.64 bits per heavy atom. The number of halogens is 1. The van der Waals surface area contributed by atoms with Crippen LogP contribution in [-0.2, 0) is 0 Å². The Hall–Kier alpha value is -0.600. The lowest BCUT2D eigenvalue weighted by Gasteiger charge is -2.13. The molecule has 1 rings (SSSR count). The van der Waals surface area contributed by atoms with E-state index in [2.05, 4.69) is 59.4 Å². The number of nitrogens with one attached hydrogen (secondary N) is 1. The van der Waals surface area contributed by atoms with Gasteiger partial charge in [-0.2, -0.15) is 0 Å². The highest BCUT2D eigenvalue weighted by molar-refractivity contribution is 9.10. The highest BCUT2D eigenvalue weighted by atomic mass is 79.9. The zero-order valence-electron chi connectivity index (χ0n) is 8.84. The van der Waals surface area contributed by atoms with E-state index in [4.69, 9.17) is 0 Å². The normalized spacial score (nSPS) is 12.3. The topological polar surface area (TPSA) is 12.0 Å². The van der Waals surface area contributed by atoms with Gasteiger partial charge in [-0.15, -0.1) is 0 Å². The highest BCUT2D eigenvalue weighted by Gasteiger charge is 2.05. The standard InChI is InChI=1S/C12H16BrN/c1-9(2)7-12(14-3)10-5-4-6-11(13)8-10/h4-8,12,14H,1-3H3. The maximum Gasteiger partial charge on any atom is 0.0506 e. The summed E-state index contributed by atoms with van der Waals surface area (Å²) in [6.07, 6.45) is 2.22. The maximum absolute atomic E-state index is 3.48. The quantitative estimate of drug-likeness (QED) is 0.811. The average molecular weight is 254 g/mol. The van der Waals surface area contributed by atoms with E-state index >= 15 is 0 Å². The molecule has 0 radical (unpaired) electrons. The largest absolute Gasteiger partial charge is 0.310 e. The van der Waals surface area contributed by atoms with Gasteiger partial charge < -0.3 is 5.32 Å². The van der Waals surface area contributed by atoms with E-state index in [1.807, 2.05) is 13.1 Å². The summed E-state index contributed by atoms with van der Waals surface area (Å²) in [5.41, 5.74) is 2.60. The summed E-state index contributed by atoms with van der Waals surface area (Å²) in [6.45, 7) is 4.23. The van der Waals surface area contributed by atoms with Crippen molar-refractivity contribution in [2.45, 2.75) is 19.9 Å². The molecule has 1 aromatic rings. The van der Waals surface area contributed by atoms with Gasteiger partial charge in [0.1, 0.15) is 0 Å². The lowest BCUT2D eigenvalue weighted by molar-refractivity contribution is 0.709. The van der Waals surface area contributed by atoms with Crippen LogP contribution in [0.15, 0.2) is 40.4 Å². The van der Waals surface area contributed by atoms with Crippen molar-refractivity contribution < 1.29 is 0 Å². The van der Waals surface area contributed by atoms with Gasteiger partial charge in [-0.05, 0) is 38.6 Å². The van der Waals surface area contributed by atoms with Gasteiger partial charge in [0.05, 0.1) is 6.04 Å². The molecule has 0 aliphatic carbocycles. The molecular weight excluding hydrogens is 238 g/mol. The number of likely N-dealkylation sites (N-methyl/N-ethyl adjacent to an activating group) is 1. The summed E-state index contributed by atoms with van der Waals surface area (Å²) in [4.78, 5) is 0. The van der Waals surface area contributed by atoms with Gasteiger partial charge in [-0.3, -0.25) is 0 Å². The van der Waals surface area contributed by atoms with Crippen LogP contribution < -0.4 is 5.32 Å². The molecule has 1 aromatic carbocycles. The molecule has 0 saturated carbocycles. The highest BCUT2D eigenvalue weighted by Crippen LogP contribution is 2.19. The Labute approximate surface area is 94.3 Å². The van der Waals surface area contributed by atoms with Crippen LogP contribution in [0.4, 0.5) is 0 Å². The van der Waals surface area contributed by atoms with Gasteiger partial charge in [-0.25, -0.2) is 0 Å². The van der Waals surface area contributed by atoms with Crippen LogP contribution in [0.3, 0.4) is 0 Å². The molecular formula is C12H16BrN. The molecule has 14 heavy (non-hydrogen) atoms. The van der Waals surface area contributed by atoms with E-state index < -0.39 is 0 Å². The molecule has 1 atom stereocenters. The van der Waals surface area contributed by atoms with Crippen molar-refractivity contribution in [3.05, 3.63) is 46.0 Å². The lowest BCUT2D eigenvalue weighted by Crippen LogP contribution is -2.14. The average Bonchev–Trinajstić information content (AvgIpc) is 2.14. The van der Waals surface area contributed by atoms with Crippen molar-refractivity contribution in [3.63, 3.8) is 0 Å². The van der Waals surface area contributed by atoms with E-state index in [0.717, 1.165) is 4.47 Å². The fourth-order valence-corrected chi connectivity index (χ4v) is 1.80. The number of benzene rings is 1. The van der Waals surface area contributed by atoms with Gasteiger partial charge in [0.2, 0.25) is 0 Å². The minimum Gasteiger partial charge on any atom is -0.310 e. The molecule has 1 N–H and O–H groups in total. The second-order valence-corrected chi connectivity index (χ2v) is 4.48. The molecule has 0 aliphatic rings. The first-order valence-corrected chi connectivity index (χ1v) is 5.50. The fraction of sp³-hybridized carbons (Fsp3) is 0.333. The Balaban J connectivity index is 2.95. The molecule has 0 fully saturated rings. The molecule has 0 amide bonds. The van der Waals surface area contributed by atoms with E-state index in [-0.39, 0.29) is 0 Å². The van der Waals surface area contributed by atoms with Crippen LogP contribution in [0.1, 0.15) is 25.5 Å². The van der Waals surface area contributed by atoms with E-state index in [1.54, 1.807) is 0 Å². The number of hydrogen-bond donors (Lipinski definition) is 1. The van der Waals surface area contributed by atoms with Crippen molar-refractivity contribution in [2.75, 3.05) is 7.05 Å². The zero-order valence-corrected chi connectivity index (χ0v) is 10.4. The molecule has 0 aliphatic heterocycles. The van der Waals surface area contributed by atoms with Crippen molar-refractivity contribution >= 4 is 15.9 Å². The summed E-state index contributed by atoms with van der Waals surface area (Å²) in [6, 6.07) is 8.67. The number of hydrogen-bond acceptors (Lipinski definition) is 1. The third kappa shape index (κ3) is 3.28. The second kappa shape index (κ2) is 5.32. The fourth-order valence-electron chi connectivity index (χ4n) is 1.38. The first kappa shape index (κ1) is 11.5. The van der Waals surface area contributed by atoms with E-state index in [9.17, 15) is 0 Å². The number of allylic oxidation sites excluding steroid dienone is 1. The minimum absolute atomic E-state index is 0.303. The summed E-state index contributed by atoms with van der Waals surface area (Å²) < 4.78 is 1.12. The van der Waals surface area contributed by atoms with Crippen LogP contribution in [-0.4, -0.2) is 7.05 Å². The van der Waals surface area contributed by atoms with Crippen molar-refractivity contribution in [1.82, 2.24) is 5.32 Å². The van der Waals surface area contributed by atoms with Crippen LogP contribution in [0.5, 0.6) is 0 Å². The third-order valence-electron chi connectivity index (χ3n) is 2.02. The molecule has 0 aromatic heterocycles. The summed E-state index contributed by atoms with van der Waals surface area (Å²) in [7, 11) is 1.98. The summed E-state index contributed by atoms with van der Waals surface area (Å²) >= 11 is 3.48. The van der Waals surface area contributed by atoms with Crippen LogP contribution in [0, 0.1) is 0 Å². The minimum atomic E-state index is 0.303. The molecule has 0 bridgehead atoms. The predicted octanol–water partition coefficient (Wildman–Crippen LogP) is 3.68. The van der Waals surface area contributed by atoms with Gasteiger partial charge in [0.15, 0.2) is 0 Å². The number of rotatable bonds is 3. The van der Waals surface area contributed by atoms with Gasteiger partial charge in [-0.1, -0.05) is 39.7 Å². The first-order chi connectivity index (χ1) is 6.63. The molecule has 76 valence electrons. The molecule has 1 unspecified atom stereocenters. The molecule has 0 heterocycles. The molecule has 0 spiro atoms. The SMILES string of the molecule is CNC(C=C(C)C)c1cccc(Br)c1. The van der Waals surface area contributed by atoms with Crippen molar-refractivity contribution in [3.8, 4) is 0 Å². The van der Waals surface area contributed by atoms with Crippen LogP contribution >= 0.6 is 15.9 Å². The van der Waals surface area contributed by atoms with Gasteiger partial charge >= 0.3 is 0 Å². The first-order valence-electron chi connectivity index (χ1n) is 4.71. The Morgan fingerprint density at radius 2 is 2.14 bits per heavy atom. The smallest absolute Gasteiger partial charge is 0.0506 e. The lowest BCUT2D eigenvalue weighted by atomic mass is 10.1. The monoisotopic (exact) mass is 253 g/mol. The van der Waals surface area contributed by atoms with Crippen LogP contribution in [0.25, 0.3) is 0 Å². The summed E-state index contributed by atoms with van der Waals surface area (Å²) in [5, 5.41) is 3.28. The van der Waals surface area contributed by atoms with E-state index in [1.165, 1.54) is 11.1 Å². The Kier molecular flexibility index (Phi) is 4.36. The third-order valence-corrected chi connectivity index (χ3v) is 2.51. The van der Waals surface area contributed by atoms with Gasteiger partial charge in [0.25, 0.3) is 0 Å². The van der Waals surface area contributed by atoms with E-state index in [0.29, 0.717) is 6.04 Å². The van der Waals surface area contributed by atoms with Crippen LogP contribution in [0.2, 0.25) is 0 Å². The summed E-state index contributed by atoms with van der Waals surface area (Å²) in [5.74, 6) is 0. The van der Waals surface area contributed by atoms with Crippen molar-refractivity contribution in [2.24, 2.45) is 0 Å². The Morgan fingerprint density at radius 1 is 1.43 bits per heavy atom. The molecule has 0 saturated heterocycles. The molecule has 1 nitrogen and oxygen atoms in total. The second-order valence-electron chi connectivity index (χ2n) is 3.57. The van der Waals surface area contributed by atoms with Crippen molar-refractivity contribution in [1.29, 1.82) is 0 Å². The Bertz CT molecular complexity index is 327. The van der Waals surface area contributed by atoms with Gasteiger partial charge in [0, 0.05) is 4.47 Å². The molecule has 2 heteroatoms. The zero-order chi connectivity index (χ0) is 10.6. The maximum atomic E-state index is 3.48. The predicted molar refractivity (Wildman–Crippen MR) is 65.4 cm³/mol.